The van der Waals surface area contributed by atoms with Crippen molar-refractivity contribution in [1.29, 1.82) is 0 Å². The molecule has 0 saturated carbocycles. The Bertz CT molecular complexity index is 580. The van der Waals surface area contributed by atoms with Gasteiger partial charge in [-0.1, -0.05) is 49.2 Å². The Morgan fingerprint density at radius 1 is 1.06 bits per heavy atom. The number of halogens is 2. The van der Waals surface area contributed by atoms with Crippen molar-refractivity contribution in [3.8, 4) is 11.3 Å². The molecule has 1 aromatic heterocycles. The van der Waals surface area contributed by atoms with E-state index in [9.17, 15) is 0 Å². The van der Waals surface area contributed by atoms with E-state index in [4.69, 9.17) is 23.2 Å². The van der Waals surface area contributed by atoms with E-state index >= 15 is 0 Å². The van der Waals surface area contributed by atoms with E-state index < -0.39 is 0 Å². The number of hydrogen-bond acceptors (Lipinski definition) is 2. The third-order valence-electron chi connectivity index (χ3n) is 2.70. The lowest BCUT2D eigenvalue weighted by molar-refractivity contribution is 0.776. The SMILES string of the molecule is Cc1ccc(-c2cc(Cl)nc(C(C)C)n2)cc1Cl. The van der Waals surface area contributed by atoms with Crippen LogP contribution in [0.5, 0.6) is 0 Å². The van der Waals surface area contributed by atoms with Crippen LogP contribution in [0, 0.1) is 6.92 Å². The summed E-state index contributed by atoms with van der Waals surface area (Å²) in [5.41, 5.74) is 2.81. The predicted molar refractivity (Wildman–Crippen MR) is 76.3 cm³/mol. The van der Waals surface area contributed by atoms with Gasteiger partial charge in [0.2, 0.25) is 0 Å². The molecular formula is C14H14Cl2N2. The first-order chi connectivity index (χ1) is 8.47. The summed E-state index contributed by atoms with van der Waals surface area (Å²) in [6, 6.07) is 7.63. The van der Waals surface area contributed by atoms with Crippen molar-refractivity contribution >= 4 is 23.2 Å². The Morgan fingerprint density at radius 2 is 1.78 bits per heavy atom. The van der Waals surface area contributed by atoms with Crippen molar-refractivity contribution in [2.75, 3.05) is 0 Å². The molecule has 0 bridgehead atoms. The lowest BCUT2D eigenvalue weighted by Crippen LogP contribution is -1.99. The van der Waals surface area contributed by atoms with Gasteiger partial charge in [-0.15, -0.1) is 0 Å². The van der Waals surface area contributed by atoms with Gasteiger partial charge < -0.3 is 0 Å². The molecule has 0 radical (unpaired) electrons. The standard InChI is InChI=1S/C14H14Cl2N2/c1-8(2)14-17-12(7-13(16)18-14)10-5-4-9(3)11(15)6-10/h4-8H,1-3H3. The second-order valence-electron chi connectivity index (χ2n) is 4.55. The zero-order chi connectivity index (χ0) is 13.3. The van der Waals surface area contributed by atoms with Gasteiger partial charge >= 0.3 is 0 Å². The first-order valence-corrected chi connectivity index (χ1v) is 6.54. The van der Waals surface area contributed by atoms with E-state index in [0.29, 0.717) is 5.15 Å². The van der Waals surface area contributed by atoms with Crippen LogP contribution in [-0.2, 0) is 0 Å². The molecule has 4 heteroatoms. The van der Waals surface area contributed by atoms with Gasteiger partial charge in [0.25, 0.3) is 0 Å². The molecule has 0 aliphatic carbocycles. The van der Waals surface area contributed by atoms with E-state index in [1.54, 1.807) is 6.07 Å². The average Bonchev–Trinajstić information content (AvgIpc) is 2.31. The molecule has 2 aromatic rings. The highest BCUT2D eigenvalue weighted by atomic mass is 35.5. The smallest absolute Gasteiger partial charge is 0.133 e. The quantitative estimate of drug-likeness (QED) is 0.733. The highest BCUT2D eigenvalue weighted by Gasteiger charge is 2.09. The number of rotatable bonds is 2. The molecule has 0 amide bonds. The fourth-order valence-electron chi connectivity index (χ4n) is 1.59. The fourth-order valence-corrected chi connectivity index (χ4v) is 1.96. The number of aryl methyl sites for hydroxylation is 1. The number of benzene rings is 1. The molecule has 1 heterocycles. The summed E-state index contributed by atoms with van der Waals surface area (Å²) in [6.07, 6.45) is 0. The van der Waals surface area contributed by atoms with Crippen LogP contribution in [0.2, 0.25) is 10.2 Å². The maximum atomic E-state index is 6.13. The van der Waals surface area contributed by atoms with Crippen molar-refractivity contribution in [3.05, 3.63) is 45.8 Å². The van der Waals surface area contributed by atoms with E-state index in [1.165, 1.54) is 0 Å². The largest absolute Gasteiger partial charge is 0.233 e. The van der Waals surface area contributed by atoms with E-state index in [0.717, 1.165) is 27.7 Å². The van der Waals surface area contributed by atoms with Crippen molar-refractivity contribution in [2.24, 2.45) is 0 Å². The summed E-state index contributed by atoms with van der Waals surface area (Å²) in [6.45, 7) is 6.05. The highest BCUT2D eigenvalue weighted by molar-refractivity contribution is 6.31. The molecule has 2 nitrogen and oxygen atoms in total. The maximum Gasteiger partial charge on any atom is 0.133 e. The second kappa shape index (κ2) is 5.25. The Balaban J connectivity index is 2.53. The molecule has 0 unspecified atom stereocenters. The van der Waals surface area contributed by atoms with Crippen LogP contribution in [0.3, 0.4) is 0 Å². The lowest BCUT2D eigenvalue weighted by atomic mass is 10.1. The molecule has 0 atom stereocenters. The first-order valence-electron chi connectivity index (χ1n) is 5.78. The summed E-state index contributed by atoms with van der Waals surface area (Å²) in [4.78, 5) is 8.74. The Morgan fingerprint density at radius 3 is 2.39 bits per heavy atom. The van der Waals surface area contributed by atoms with Gasteiger partial charge in [-0.3, -0.25) is 0 Å². The van der Waals surface area contributed by atoms with Crippen LogP contribution in [-0.4, -0.2) is 9.97 Å². The minimum atomic E-state index is 0.239. The molecule has 0 saturated heterocycles. The predicted octanol–water partition coefficient (Wildman–Crippen LogP) is 4.88. The zero-order valence-electron chi connectivity index (χ0n) is 10.5. The Hall–Kier alpha value is -1.12. The fraction of sp³-hybridized carbons (Fsp3) is 0.286. The van der Waals surface area contributed by atoms with E-state index in [1.807, 2.05) is 39.0 Å². The van der Waals surface area contributed by atoms with Crippen molar-refractivity contribution < 1.29 is 0 Å². The third kappa shape index (κ3) is 2.82. The Labute approximate surface area is 117 Å². The first kappa shape index (κ1) is 13.3. The third-order valence-corrected chi connectivity index (χ3v) is 3.30. The maximum absolute atomic E-state index is 6.13. The van der Waals surface area contributed by atoms with Crippen LogP contribution in [0.15, 0.2) is 24.3 Å². The molecule has 0 aliphatic heterocycles. The molecule has 0 N–H and O–H groups in total. The van der Waals surface area contributed by atoms with Crippen LogP contribution in [0.1, 0.15) is 31.2 Å². The van der Waals surface area contributed by atoms with Gasteiger partial charge in [0.15, 0.2) is 0 Å². The van der Waals surface area contributed by atoms with E-state index in [2.05, 4.69) is 9.97 Å². The highest BCUT2D eigenvalue weighted by Crippen LogP contribution is 2.26. The molecule has 0 spiro atoms. The number of nitrogens with zero attached hydrogens (tertiary/aromatic N) is 2. The van der Waals surface area contributed by atoms with Crippen LogP contribution in [0.25, 0.3) is 11.3 Å². The van der Waals surface area contributed by atoms with Gasteiger partial charge in [-0.25, -0.2) is 9.97 Å². The summed E-state index contributed by atoms with van der Waals surface area (Å²) in [5.74, 6) is 0.984. The average molecular weight is 281 g/mol. The lowest BCUT2D eigenvalue weighted by Gasteiger charge is -2.08. The van der Waals surface area contributed by atoms with Crippen LogP contribution in [0.4, 0.5) is 0 Å². The monoisotopic (exact) mass is 280 g/mol. The topological polar surface area (TPSA) is 25.8 Å². The summed E-state index contributed by atoms with van der Waals surface area (Å²) in [5, 5.41) is 1.19. The van der Waals surface area contributed by atoms with Crippen molar-refractivity contribution in [2.45, 2.75) is 26.7 Å². The number of hydrogen-bond donors (Lipinski definition) is 0. The molecule has 1 aromatic carbocycles. The van der Waals surface area contributed by atoms with Gasteiger partial charge in [0.05, 0.1) is 5.69 Å². The molecule has 0 fully saturated rings. The van der Waals surface area contributed by atoms with Crippen molar-refractivity contribution in [1.82, 2.24) is 9.97 Å². The molecule has 0 aliphatic rings. The Kier molecular flexibility index (Phi) is 3.88. The molecule has 94 valence electrons. The van der Waals surface area contributed by atoms with Crippen molar-refractivity contribution in [3.63, 3.8) is 0 Å². The van der Waals surface area contributed by atoms with Gasteiger partial charge in [-0.05, 0) is 18.6 Å². The molecular weight excluding hydrogens is 267 g/mol. The molecule has 2 rings (SSSR count). The van der Waals surface area contributed by atoms with E-state index in [-0.39, 0.29) is 5.92 Å². The summed E-state index contributed by atoms with van der Waals surface area (Å²) in [7, 11) is 0. The summed E-state index contributed by atoms with van der Waals surface area (Å²) < 4.78 is 0. The second-order valence-corrected chi connectivity index (χ2v) is 5.35. The van der Waals surface area contributed by atoms with Gasteiger partial charge in [-0.2, -0.15) is 0 Å². The minimum absolute atomic E-state index is 0.239. The zero-order valence-corrected chi connectivity index (χ0v) is 12.0. The van der Waals surface area contributed by atoms with Gasteiger partial charge in [0.1, 0.15) is 11.0 Å². The van der Waals surface area contributed by atoms with Crippen LogP contribution < -0.4 is 0 Å². The normalized spacial score (nSPS) is 11.0. The van der Waals surface area contributed by atoms with Gasteiger partial charge in [0, 0.05) is 22.6 Å². The minimum Gasteiger partial charge on any atom is -0.233 e. The van der Waals surface area contributed by atoms with Crippen LogP contribution >= 0.6 is 23.2 Å². The number of aromatic nitrogens is 2. The molecule has 18 heavy (non-hydrogen) atoms. The summed E-state index contributed by atoms with van der Waals surface area (Å²) >= 11 is 12.2.